The van der Waals surface area contributed by atoms with Crippen molar-refractivity contribution in [3.63, 3.8) is 0 Å². The summed E-state index contributed by atoms with van der Waals surface area (Å²) in [6.45, 7) is 8.14. The summed E-state index contributed by atoms with van der Waals surface area (Å²) in [6.07, 6.45) is 1.77. The van der Waals surface area contributed by atoms with Gasteiger partial charge in [0, 0.05) is 57.1 Å². The molecule has 0 aromatic carbocycles. The summed E-state index contributed by atoms with van der Waals surface area (Å²) < 4.78 is 5.30. The van der Waals surface area contributed by atoms with Crippen molar-refractivity contribution in [1.29, 1.82) is 0 Å². The molecule has 1 aromatic heterocycles. The van der Waals surface area contributed by atoms with Crippen molar-refractivity contribution in [2.24, 2.45) is 5.73 Å². The van der Waals surface area contributed by atoms with Crippen LogP contribution in [0, 0.1) is 0 Å². The van der Waals surface area contributed by atoms with Crippen LogP contribution in [0.4, 0.5) is 0 Å². The van der Waals surface area contributed by atoms with Gasteiger partial charge in [0.1, 0.15) is 0 Å². The summed E-state index contributed by atoms with van der Waals surface area (Å²) in [5.41, 5.74) is 6.88. The molecule has 1 atom stereocenters. The van der Waals surface area contributed by atoms with Crippen molar-refractivity contribution in [3.05, 3.63) is 23.9 Å². The normalized spacial score (nSPS) is 19.3. The van der Waals surface area contributed by atoms with Gasteiger partial charge in [-0.3, -0.25) is 9.80 Å². The van der Waals surface area contributed by atoms with E-state index >= 15 is 0 Å². The lowest BCUT2D eigenvalue weighted by molar-refractivity contribution is 0.0998. The molecule has 19 heavy (non-hydrogen) atoms. The molecule has 2 rings (SSSR count). The van der Waals surface area contributed by atoms with E-state index < -0.39 is 0 Å². The van der Waals surface area contributed by atoms with Gasteiger partial charge in [-0.05, 0) is 13.0 Å². The highest BCUT2D eigenvalue weighted by Gasteiger charge is 2.20. The summed E-state index contributed by atoms with van der Waals surface area (Å²) in [6, 6.07) is 4.53. The van der Waals surface area contributed by atoms with Gasteiger partial charge in [0.05, 0.1) is 7.11 Å². The molecule has 0 bridgehead atoms. The number of ether oxygens (including phenoxy) is 1. The van der Waals surface area contributed by atoms with Gasteiger partial charge in [-0.15, -0.1) is 0 Å². The Bertz CT molecular complexity index is 391. The molecule has 106 valence electrons. The van der Waals surface area contributed by atoms with Crippen LogP contribution in [-0.4, -0.2) is 60.7 Å². The lowest BCUT2D eigenvalue weighted by Gasteiger charge is -2.37. The number of nitrogens with two attached hydrogens (primary N) is 1. The van der Waals surface area contributed by atoms with Gasteiger partial charge in [-0.25, -0.2) is 4.98 Å². The third-order valence-electron chi connectivity index (χ3n) is 3.81. The molecule has 1 unspecified atom stereocenters. The van der Waals surface area contributed by atoms with Crippen molar-refractivity contribution < 1.29 is 4.74 Å². The van der Waals surface area contributed by atoms with E-state index in [1.807, 2.05) is 6.07 Å². The molecule has 1 aliphatic rings. The van der Waals surface area contributed by atoms with Gasteiger partial charge in [-0.1, -0.05) is 6.07 Å². The minimum Gasteiger partial charge on any atom is -0.481 e. The molecule has 1 saturated heterocycles. The standard InChI is InChI=1S/C14H24N4O/c1-12(10-15)18-8-6-17(7-9-18)11-13-4-3-5-16-14(13)19-2/h3-5,12H,6-11,15H2,1-2H3. The van der Waals surface area contributed by atoms with Crippen LogP contribution in [0.25, 0.3) is 0 Å². The minimum absolute atomic E-state index is 0.482. The van der Waals surface area contributed by atoms with Crippen molar-refractivity contribution in [2.45, 2.75) is 19.5 Å². The van der Waals surface area contributed by atoms with E-state index in [2.05, 4.69) is 27.8 Å². The Labute approximate surface area is 115 Å². The molecular weight excluding hydrogens is 240 g/mol. The third kappa shape index (κ3) is 3.65. The highest BCUT2D eigenvalue weighted by Crippen LogP contribution is 2.17. The molecule has 2 N–H and O–H groups in total. The van der Waals surface area contributed by atoms with Gasteiger partial charge in [-0.2, -0.15) is 0 Å². The zero-order chi connectivity index (χ0) is 13.7. The van der Waals surface area contributed by atoms with Crippen molar-refractivity contribution in [3.8, 4) is 5.88 Å². The molecule has 1 aromatic rings. The number of nitrogens with zero attached hydrogens (tertiary/aromatic N) is 3. The summed E-state index contributed by atoms with van der Waals surface area (Å²) >= 11 is 0. The number of methoxy groups -OCH3 is 1. The number of hydrogen-bond acceptors (Lipinski definition) is 5. The summed E-state index contributed by atoms with van der Waals surface area (Å²) in [5.74, 6) is 0.736. The first-order chi connectivity index (χ1) is 9.24. The quantitative estimate of drug-likeness (QED) is 0.842. The van der Waals surface area contributed by atoms with Crippen molar-refractivity contribution in [2.75, 3.05) is 39.8 Å². The maximum absolute atomic E-state index is 5.72. The summed E-state index contributed by atoms with van der Waals surface area (Å²) in [5, 5.41) is 0. The second-order valence-corrected chi connectivity index (χ2v) is 5.07. The fourth-order valence-corrected chi connectivity index (χ4v) is 2.48. The van der Waals surface area contributed by atoms with Crippen LogP contribution in [0.5, 0.6) is 5.88 Å². The lowest BCUT2D eigenvalue weighted by Crippen LogP contribution is -2.51. The molecule has 5 nitrogen and oxygen atoms in total. The van der Waals surface area contributed by atoms with Crippen LogP contribution in [0.3, 0.4) is 0 Å². The summed E-state index contributed by atoms with van der Waals surface area (Å²) in [7, 11) is 1.67. The number of hydrogen-bond donors (Lipinski definition) is 1. The Morgan fingerprint density at radius 3 is 2.74 bits per heavy atom. The van der Waals surface area contributed by atoms with Crippen LogP contribution in [-0.2, 0) is 6.54 Å². The molecule has 1 aliphatic heterocycles. The second kappa shape index (κ2) is 6.84. The first-order valence-electron chi connectivity index (χ1n) is 6.89. The van der Waals surface area contributed by atoms with Gasteiger partial charge in [0.2, 0.25) is 5.88 Å². The van der Waals surface area contributed by atoms with Gasteiger partial charge in [0.15, 0.2) is 0 Å². The van der Waals surface area contributed by atoms with E-state index in [4.69, 9.17) is 10.5 Å². The van der Waals surface area contributed by atoms with E-state index in [9.17, 15) is 0 Å². The van der Waals surface area contributed by atoms with E-state index in [-0.39, 0.29) is 0 Å². The first-order valence-corrected chi connectivity index (χ1v) is 6.89. The Balaban J connectivity index is 1.89. The number of aromatic nitrogens is 1. The number of rotatable bonds is 5. The van der Waals surface area contributed by atoms with Crippen LogP contribution in [0.1, 0.15) is 12.5 Å². The number of piperazine rings is 1. The molecule has 5 heteroatoms. The lowest BCUT2D eigenvalue weighted by atomic mass is 10.2. The van der Waals surface area contributed by atoms with Crippen LogP contribution in [0.15, 0.2) is 18.3 Å². The van der Waals surface area contributed by atoms with Crippen LogP contribution >= 0.6 is 0 Å². The predicted molar refractivity (Wildman–Crippen MR) is 76.2 cm³/mol. The fourth-order valence-electron chi connectivity index (χ4n) is 2.48. The molecule has 0 saturated carbocycles. The van der Waals surface area contributed by atoms with Crippen LogP contribution in [0.2, 0.25) is 0 Å². The molecular formula is C14H24N4O. The molecule has 2 heterocycles. The summed E-state index contributed by atoms with van der Waals surface area (Å²) in [4.78, 5) is 9.14. The Morgan fingerprint density at radius 1 is 1.37 bits per heavy atom. The topological polar surface area (TPSA) is 54.6 Å². The van der Waals surface area contributed by atoms with E-state index in [1.54, 1.807) is 13.3 Å². The SMILES string of the molecule is COc1ncccc1CN1CCN(C(C)CN)CC1. The van der Waals surface area contributed by atoms with E-state index in [1.165, 1.54) is 0 Å². The second-order valence-electron chi connectivity index (χ2n) is 5.07. The largest absolute Gasteiger partial charge is 0.481 e. The third-order valence-corrected chi connectivity index (χ3v) is 3.81. The highest BCUT2D eigenvalue weighted by atomic mass is 16.5. The zero-order valence-electron chi connectivity index (χ0n) is 11.9. The van der Waals surface area contributed by atoms with Gasteiger partial charge < -0.3 is 10.5 Å². The maximum atomic E-state index is 5.72. The molecule has 0 radical (unpaired) electrons. The maximum Gasteiger partial charge on any atom is 0.217 e. The highest BCUT2D eigenvalue weighted by molar-refractivity contribution is 5.25. The predicted octanol–water partition coefficient (Wildman–Crippen LogP) is 0.555. The van der Waals surface area contributed by atoms with Crippen molar-refractivity contribution >= 4 is 0 Å². The average molecular weight is 264 g/mol. The average Bonchev–Trinajstić information content (AvgIpc) is 2.48. The molecule has 1 fully saturated rings. The fraction of sp³-hybridized carbons (Fsp3) is 0.643. The van der Waals surface area contributed by atoms with E-state index in [0.29, 0.717) is 6.04 Å². The first kappa shape index (κ1) is 14.2. The van der Waals surface area contributed by atoms with Crippen LogP contribution < -0.4 is 10.5 Å². The van der Waals surface area contributed by atoms with Gasteiger partial charge >= 0.3 is 0 Å². The smallest absolute Gasteiger partial charge is 0.217 e. The Morgan fingerprint density at radius 2 is 2.11 bits per heavy atom. The van der Waals surface area contributed by atoms with Gasteiger partial charge in [0.25, 0.3) is 0 Å². The number of pyridine rings is 1. The Kier molecular flexibility index (Phi) is 5.13. The minimum atomic E-state index is 0.482. The molecule has 0 aliphatic carbocycles. The van der Waals surface area contributed by atoms with E-state index in [0.717, 1.165) is 50.7 Å². The zero-order valence-corrected chi connectivity index (χ0v) is 11.9. The molecule has 0 amide bonds. The van der Waals surface area contributed by atoms with Crippen molar-refractivity contribution in [1.82, 2.24) is 14.8 Å². The Hall–Kier alpha value is -1.17. The monoisotopic (exact) mass is 264 g/mol. The molecule has 0 spiro atoms.